The van der Waals surface area contributed by atoms with Crippen molar-refractivity contribution in [3.05, 3.63) is 77.1 Å². The van der Waals surface area contributed by atoms with Gasteiger partial charge < -0.3 is 19.9 Å². The minimum absolute atomic E-state index is 0.0190. The van der Waals surface area contributed by atoms with E-state index in [1.54, 1.807) is 45.0 Å². The van der Waals surface area contributed by atoms with Crippen molar-refractivity contribution in [2.45, 2.75) is 45.4 Å². The molecule has 0 aliphatic carbocycles. The van der Waals surface area contributed by atoms with E-state index in [2.05, 4.69) is 32.1 Å². The molecule has 1 fully saturated rings. The maximum absolute atomic E-state index is 13.8. The van der Waals surface area contributed by atoms with Crippen molar-refractivity contribution in [1.29, 1.82) is 0 Å². The van der Waals surface area contributed by atoms with Gasteiger partial charge in [0.05, 0.1) is 16.8 Å². The number of piperazine rings is 1. The van der Waals surface area contributed by atoms with Crippen LogP contribution < -0.4 is 10.2 Å². The molecule has 0 amide bonds. The number of halogens is 3. The summed E-state index contributed by atoms with van der Waals surface area (Å²) in [6.07, 6.45) is -3.49. The number of hydrogen-bond acceptors (Lipinski definition) is 7. The van der Waals surface area contributed by atoms with Gasteiger partial charge in [-0.1, -0.05) is 18.2 Å². The summed E-state index contributed by atoms with van der Waals surface area (Å²) in [6.45, 7) is 9.05. The second-order valence-corrected chi connectivity index (χ2v) is 10.7. The van der Waals surface area contributed by atoms with Gasteiger partial charge in [0, 0.05) is 43.8 Å². The highest BCUT2D eigenvalue weighted by Crippen LogP contribution is 2.32. The van der Waals surface area contributed by atoms with E-state index >= 15 is 0 Å². The third-order valence-electron chi connectivity index (χ3n) is 6.36. The lowest BCUT2D eigenvalue weighted by Gasteiger charge is -2.34. The molecule has 1 N–H and O–H groups in total. The molecule has 1 aliphatic rings. The van der Waals surface area contributed by atoms with Crippen LogP contribution in [0.2, 0.25) is 0 Å². The summed E-state index contributed by atoms with van der Waals surface area (Å²) < 4.78 is 46.7. The van der Waals surface area contributed by atoms with Crippen LogP contribution in [0, 0.1) is 0 Å². The standard InChI is InChI=1S/C29H34F3N5O2/c1-28(2,3)39-26(38)21-8-5-7-20(17-21)11-12-25-24(29(30,31)32)19-33-27(35-25)34-22-9-6-10-23(18-22)37-15-13-36(4)14-16-37/h5-10,17-19H,11-16H2,1-4H3,(H,33,34,35). The number of aryl methyl sites for hydroxylation is 2. The maximum Gasteiger partial charge on any atom is 0.419 e. The molecule has 7 nitrogen and oxygen atoms in total. The normalized spacial score (nSPS) is 14.8. The fourth-order valence-corrected chi connectivity index (χ4v) is 4.33. The zero-order valence-corrected chi connectivity index (χ0v) is 22.7. The van der Waals surface area contributed by atoms with Gasteiger partial charge >= 0.3 is 12.1 Å². The number of alkyl halides is 3. The fourth-order valence-electron chi connectivity index (χ4n) is 4.33. The van der Waals surface area contributed by atoms with Crippen molar-refractivity contribution in [1.82, 2.24) is 14.9 Å². The third kappa shape index (κ3) is 7.92. The van der Waals surface area contributed by atoms with Crippen molar-refractivity contribution < 1.29 is 22.7 Å². The molecule has 10 heteroatoms. The highest BCUT2D eigenvalue weighted by molar-refractivity contribution is 5.89. The number of rotatable bonds is 7. The zero-order chi connectivity index (χ0) is 28.2. The molecular weight excluding hydrogens is 507 g/mol. The molecule has 208 valence electrons. The molecule has 0 saturated carbocycles. The number of likely N-dealkylation sites (N-methyl/N-ethyl adjacent to an activating group) is 1. The first-order chi connectivity index (χ1) is 18.4. The molecular formula is C29H34F3N5O2. The lowest BCUT2D eigenvalue weighted by molar-refractivity contribution is -0.138. The Morgan fingerprint density at radius 2 is 1.72 bits per heavy atom. The largest absolute Gasteiger partial charge is 0.456 e. The molecule has 1 saturated heterocycles. The van der Waals surface area contributed by atoms with Crippen LogP contribution in [0.25, 0.3) is 0 Å². The Kier molecular flexibility index (Phi) is 8.44. The lowest BCUT2D eigenvalue weighted by Crippen LogP contribution is -2.44. The molecule has 39 heavy (non-hydrogen) atoms. The van der Waals surface area contributed by atoms with Gasteiger partial charge in [0.25, 0.3) is 0 Å². The maximum atomic E-state index is 13.8. The van der Waals surface area contributed by atoms with Crippen LogP contribution in [0.1, 0.15) is 48.0 Å². The molecule has 0 unspecified atom stereocenters. The number of esters is 1. The summed E-state index contributed by atoms with van der Waals surface area (Å²) in [5.41, 5.74) is 1.15. The Labute approximate surface area is 227 Å². The lowest BCUT2D eigenvalue weighted by atomic mass is 10.0. The minimum atomic E-state index is -4.59. The van der Waals surface area contributed by atoms with Crippen molar-refractivity contribution >= 4 is 23.3 Å². The Morgan fingerprint density at radius 3 is 2.41 bits per heavy atom. The van der Waals surface area contributed by atoms with Crippen LogP contribution in [0.4, 0.5) is 30.5 Å². The van der Waals surface area contributed by atoms with Gasteiger partial charge in [-0.05, 0) is 76.6 Å². The average molecular weight is 542 g/mol. The van der Waals surface area contributed by atoms with Gasteiger partial charge in [-0.25, -0.2) is 14.8 Å². The van der Waals surface area contributed by atoms with Crippen LogP contribution in [0.5, 0.6) is 0 Å². The number of nitrogens with one attached hydrogen (secondary N) is 1. The van der Waals surface area contributed by atoms with Crippen LogP contribution in [-0.2, 0) is 23.8 Å². The summed E-state index contributed by atoms with van der Waals surface area (Å²) in [7, 11) is 2.09. The Bertz CT molecular complexity index is 1300. The van der Waals surface area contributed by atoms with Gasteiger partial charge in [-0.2, -0.15) is 13.2 Å². The third-order valence-corrected chi connectivity index (χ3v) is 6.36. The average Bonchev–Trinajstić information content (AvgIpc) is 2.87. The topological polar surface area (TPSA) is 70.6 Å². The summed E-state index contributed by atoms with van der Waals surface area (Å²) in [6, 6.07) is 14.4. The number of benzene rings is 2. The number of carbonyl (C=O) groups is 1. The molecule has 3 aromatic rings. The SMILES string of the molecule is CN1CCN(c2cccc(Nc3ncc(C(F)(F)F)c(CCc4cccc(C(=O)OC(C)(C)C)c4)n3)c2)CC1. The highest BCUT2D eigenvalue weighted by Gasteiger charge is 2.35. The van der Waals surface area contributed by atoms with E-state index < -0.39 is 23.3 Å². The Balaban J connectivity index is 1.51. The summed E-state index contributed by atoms with van der Waals surface area (Å²) in [5, 5.41) is 3.07. The molecule has 0 spiro atoms. The van der Waals surface area contributed by atoms with Gasteiger partial charge in [0.15, 0.2) is 0 Å². The molecule has 0 atom stereocenters. The molecule has 1 aromatic heterocycles. The first-order valence-electron chi connectivity index (χ1n) is 12.9. The van der Waals surface area contributed by atoms with Gasteiger partial charge in [-0.3, -0.25) is 0 Å². The van der Waals surface area contributed by atoms with E-state index in [0.29, 0.717) is 16.8 Å². The number of aromatic nitrogens is 2. The Morgan fingerprint density at radius 1 is 1.00 bits per heavy atom. The summed E-state index contributed by atoms with van der Waals surface area (Å²) >= 11 is 0. The molecule has 0 bridgehead atoms. The van der Waals surface area contributed by atoms with Crippen LogP contribution in [0.15, 0.2) is 54.7 Å². The monoisotopic (exact) mass is 541 g/mol. The van der Waals surface area contributed by atoms with Gasteiger partial charge in [0.2, 0.25) is 5.95 Å². The number of nitrogens with zero attached hydrogens (tertiary/aromatic N) is 4. The molecule has 2 heterocycles. The van der Waals surface area contributed by atoms with E-state index in [-0.39, 0.29) is 24.5 Å². The second-order valence-electron chi connectivity index (χ2n) is 10.7. The molecule has 0 radical (unpaired) electrons. The fraction of sp³-hybridized carbons (Fsp3) is 0.414. The quantitative estimate of drug-likeness (QED) is 0.383. The molecule has 2 aromatic carbocycles. The number of carbonyl (C=O) groups excluding carboxylic acids is 1. The van der Waals surface area contributed by atoms with E-state index in [0.717, 1.165) is 38.1 Å². The molecule has 1 aliphatic heterocycles. The smallest absolute Gasteiger partial charge is 0.419 e. The first kappa shape index (κ1) is 28.4. The number of hydrogen-bond donors (Lipinski definition) is 1. The van der Waals surface area contributed by atoms with Crippen molar-refractivity contribution in [2.75, 3.05) is 43.4 Å². The first-order valence-corrected chi connectivity index (χ1v) is 12.9. The van der Waals surface area contributed by atoms with E-state index in [1.165, 1.54) is 0 Å². The van der Waals surface area contributed by atoms with E-state index in [4.69, 9.17) is 4.74 Å². The summed E-state index contributed by atoms with van der Waals surface area (Å²) in [5.74, 6) is -0.385. The van der Waals surface area contributed by atoms with Crippen molar-refractivity contribution in [2.24, 2.45) is 0 Å². The Hall–Kier alpha value is -3.66. The van der Waals surface area contributed by atoms with Gasteiger partial charge in [-0.15, -0.1) is 0 Å². The van der Waals surface area contributed by atoms with Crippen molar-refractivity contribution in [3.8, 4) is 0 Å². The predicted molar refractivity (Wildman–Crippen MR) is 145 cm³/mol. The van der Waals surface area contributed by atoms with E-state index in [1.807, 2.05) is 24.3 Å². The van der Waals surface area contributed by atoms with Crippen LogP contribution in [0.3, 0.4) is 0 Å². The van der Waals surface area contributed by atoms with Crippen LogP contribution >= 0.6 is 0 Å². The zero-order valence-electron chi connectivity index (χ0n) is 22.7. The number of anilines is 3. The minimum Gasteiger partial charge on any atom is -0.456 e. The second kappa shape index (κ2) is 11.6. The van der Waals surface area contributed by atoms with Crippen molar-refractivity contribution in [3.63, 3.8) is 0 Å². The van der Waals surface area contributed by atoms with Gasteiger partial charge in [0.1, 0.15) is 5.60 Å². The summed E-state index contributed by atoms with van der Waals surface area (Å²) in [4.78, 5) is 25.2. The predicted octanol–water partition coefficient (Wildman–Crippen LogP) is 5.73. The number of ether oxygens (including phenoxy) is 1. The highest BCUT2D eigenvalue weighted by atomic mass is 19.4. The van der Waals surface area contributed by atoms with Crippen LogP contribution in [-0.4, -0.2) is 59.7 Å². The molecule has 4 rings (SSSR count). The van der Waals surface area contributed by atoms with E-state index in [9.17, 15) is 18.0 Å².